The highest BCUT2D eigenvalue weighted by molar-refractivity contribution is 7.89. The normalized spacial score (nSPS) is 18.9. The van der Waals surface area contributed by atoms with Crippen LogP contribution in [0.1, 0.15) is 25.3 Å². The summed E-state index contributed by atoms with van der Waals surface area (Å²) in [7, 11) is -3.64. The summed E-state index contributed by atoms with van der Waals surface area (Å²) < 4.78 is 32.7. The lowest BCUT2D eigenvalue weighted by Gasteiger charge is -2.34. The van der Waals surface area contributed by atoms with E-state index in [9.17, 15) is 8.42 Å². The van der Waals surface area contributed by atoms with Crippen LogP contribution in [0.4, 0.5) is 0 Å². The number of ether oxygens (including phenoxy) is 1. The van der Waals surface area contributed by atoms with E-state index in [1.807, 2.05) is 6.92 Å². The Morgan fingerprint density at radius 1 is 1.40 bits per heavy atom. The van der Waals surface area contributed by atoms with E-state index in [0.717, 1.165) is 0 Å². The number of halogens is 1. The topological polar surface area (TPSA) is 75.6 Å². The van der Waals surface area contributed by atoms with Gasteiger partial charge in [-0.25, -0.2) is 13.1 Å². The monoisotopic (exact) mass is 319 g/mol. The molecule has 1 aliphatic rings. The van der Waals surface area contributed by atoms with Crippen molar-refractivity contribution in [3.05, 3.63) is 28.8 Å². The fraction of sp³-hybridized carbons (Fsp3) is 0.538. The molecule has 0 aliphatic carbocycles. The number of benzene rings is 1. The molecule has 1 saturated heterocycles. The molecule has 0 radical (unpaired) electrons. The molecule has 112 valence electrons. The molecule has 0 aromatic heterocycles. The molecule has 5 nitrogen and oxygen atoms in total. The lowest BCUT2D eigenvalue weighted by Crippen LogP contribution is -2.49. The average molecular weight is 320 g/mol. The van der Waals surface area contributed by atoms with E-state index in [1.165, 1.54) is 18.2 Å². The lowest BCUT2D eigenvalue weighted by atomic mass is 9.94. The number of nitrogens with one attached hydrogen (secondary N) is 1. The SMILES string of the molecule is CC1(NS(=O)(=O)c2ccc(CO)c(Cl)c2)CCOCC1. The highest BCUT2D eigenvalue weighted by Gasteiger charge is 2.32. The van der Waals surface area contributed by atoms with E-state index < -0.39 is 15.6 Å². The van der Waals surface area contributed by atoms with Gasteiger partial charge in [-0.05, 0) is 37.5 Å². The van der Waals surface area contributed by atoms with Gasteiger partial charge in [0.05, 0.1) is 11.5 Å². The zero-order valence-electron chi connectivity index (χ0n) is 11.2. The Morgan fingerprint density at radius 2 is 2.05 bits per heavy atom. The summed E-state index contributed by atoms with van der Waals surface area (Å²) in [6, 6.07) is 4.32. The third-order valence-corrected chi connectivity index (χ3v) is 5.47. The van der Waals surface area contributed by atoms with E-state index in [0.29, 0.717) is 31.6 Å². The Hall–Kier alpha value is -0.660. The zero-order valence-corrected chi connectivity index (χ0v) is 12.8. The summed E-state index contributed by atoms with van der Waals surface area (Å²) in [6.45, 7) is 2.74. The van der Waals surface area contributed by atoms with Crippen molar-refractivity contribution in [1.29, 1.82) is 0 Å². The van der Waals surface area contributed by atoms with Crippen molar-refractivity contribution < 1.29 is 18.3 Å². The molecule has 2 N–H and O–H groups in total. The van der Waals surface area contributed by atoms with Crippen LogP contribution < -0.4 is 4.72 Å². The van der Waals surface area contributed by atoms with Gasteiger partial charge in [-0.1, -0.05) is 17.7 Å². The first-order valence-electron chi connectivity index (χ1n) is 6.37. The number of hydrogen-bond donors (Lipinski definition) is 2. The fourth-order valence-corrected chi connectivity index (χ4v) is 3.93. The van der Waals surface area contributed by atoms with Crippen LogP contribution in [-0.4, -0.2) is 32.3 Å². The predicted octanol–water partition coefficient (Wildman–Crippen LogP) is 1.68. The van der Waals surface area contributed by atoms with E-state index in [4.69, 9.17) is 21.4 Å². The Balaban J connectivity index is 2.24. The van der Waals surface area contributed by atoms with Crippen LogP contribution in [0.15, 0.2) is 23.1 Å². The number of hydrogen-bond acceptors (Lipinski definition) is 4. The van der Waals surface area contributed by atoms with Crippen molar-refractivity contribution in [1.82, 2.24) is 4.72 Å². The minimum absolute atomic E-state index is 0.104. The molecule has 2 rings (SSSR count). The van der Waals surface area contributed by atoms with Gasteiger partial charge in [0.15, 0.2) is 0 Å². The molecule has 0 bridgehead atoms. The highest BCUT2D eigenvalue weighted by atomic mass is 35.5. The van der Waals surface area contributed by atoms with Gasteiger partial charge in [0, 0.05) is 23.8 Å². The van der Waals surface area contributed by atoms with Gasteiger partial charge in [0.2, 0.25) is 10.0 Å². The smallest absolute Gasteiger partial charge is 0.241 e. The second-order valence-electron chi connectivity index (χ2n) is 5.19. The van der Waals surface area contributed by atoms with E-state index in [1.54, 1.807) is 0 Å². The molecule has 1 heterocycles. The Morgan fingerprint density at radius 3 is 2.60 bits per heavy atom. The van der Waals surface area contributed by atoms with Gasteiger partial charge in [-0.3, -0.25) is 0 Å². The van der Waals surface area contributed by atoms with Crippen LogP contribution >= 0.6 is 11.6 Å². The molecule has 0 saturated carbocycles. The highest BCUT2D eigenvalue weighted by Crippen LogP contribution is 2.25. The van der Waals surface area contributed by atoms with Crippen LogP contribution in [0.5, 0.6) is 0 Å². The molecule has 20 heavy (non-hydrogen) atoms. The lowest BCUT2D eigenvalue weighted by molar-refractivity contribution is 0.0537. The van der Waals surface area contributed by atoms with Crippen molar-refractivity contribution in [3.63, 3.8) is 0 Å². The minimum Gasteiger partial charge on any atom is -0.392 e. The molecule has 0 spiro atoms. The molecule has 1 fully saturated rings. The standard InChI is InChI=1S/C13H18ClNO4S/c1-13(4-6-19-7-5-13)15-20(17,18)11-3-2-10(9-16)12(14)8-11/h2-3,8,15-16H,4-7,9H2,1H3. The van der Waals surface area contributed by atoms with Crippen molar-refractivity contribution in [2.45, 2.75) is 36.8 Å². The van der Waals surface area contributed by atoms with Crippen LogP contribution in [0.25, 0.3) is 0 Å². The van der Waals surface area contributed by atoms with Gasteiger partial charge in [-0.2, -0.15) is 0 Å². The van der Waals surface area contributed by atoms with Crippen molar-refractivity contribution >= 4 is 21.6 Å². The number of aliphatic hydroxyl groups is 1. The van der Waals surface area contributed by atoms with Crippen LogP contribution in [-0.2, 0) is 21.4 Å². The first kappa shape index (κ1) is 15.7. The predicted molar refractivity (Wildman–Crippen MR) is 76.2 cm³/mol. The van der Waals surface area contributed by atoms with Crippen molar-refractivity contribution in [2.24, 2.45) is 0 Å². The van der Waals surface area contributed by atoms with Crippen LogP contribution in [0.3, 0.4) is 0 Å². The molecule has 7 heteroatoms. The molecule has 0 unspecified atom stereocenters. The molecule has 0 atom stereocenters. The summed E-state index contributed by atoms with van der Waals surface area (Å²) in [5.74, 6) is 0. The molecule has 1 aromatic rings. The number of sulfonamides is 1. The van der Waals surface area contributed by atoms with Gasteiger partial charge >= 0.3 is 0 Å². The largest absolute Gasteiger partial charge is 0.392 e. The third-order valence-electron chi connectivity index (χ3n) is 3.48. The second-order valence-corrected chi connectivity index (χ2v) is 7.28. The van der Waals surface area contributed by atoms with Crippen LogP contribution in [0.2, 0.25) is 5.02 Å². The first-order chi connectivity index (χ1) is 9.36. The Bertz CT molecular complexity index is 582. The third kappa shape index (κ3) is 3.51. The zero-order chi connectivity index (χ0) is 14.8. The molecule has 0 amide bonds. The number of rotatable bonds is 4. The van der Waals surface area contributed by atoms with Gasteiger partial charge in [0.25, 0.3) is 0 Å². The summed E-state index contributed by atoms with van der Waals surface area (Å²) in [5.41, 5.74) is 0.00190. The molecule has 1 aromatic carbocycles. The first-order valence-corrected chi connectivity index (χ1v) is 8.23. The van der Waals surface area contributed by atoms with Crippen molar-refractivity contribution in [2.75, 3.05) is 13.2 Å². The Labute approximate surface area is 124 Å². The average Bonchev–Trinajstić information content (AvgIpc) is 2.38. The van der Waals surface area contributed by atoms with Crippen LogP contribution in [0, 0.1) is 0 Å². The fourth-order valence-electron chi connectivity index (χ4n) is 2.13. The Kier molecular flexibility index (Phi) is 4.71. The van der Waals surface area contributed by atoms with E-state index >= 15 is 0 Å². The van der Waals surface area contributed by atoms with Crippen molar-refractivity contribution in [3.8, 4) is 0 Å². The number of aliphatic hydroxyl groups excluding tert-OH is 1. The molecular weight excluding hydrogens is 302 g/mol. The summed E-state index contributed by atoms with van der Waals surface area (Å²) in [5, 5.41) is 9.29. The quantitative estimate of drug-likeness (QED) is 0.885. The summed E-state index contributed by atoms with van der Waals surface area (Å²) in [4.78, 5) is 0.104. The second kappa shape index (κ2) is 5.99. The maximum absolute atomic E-state index is 12.4. The van der Waals surface area contributed by atoms with E-state index in [-0.39, 0.29) is 16.5 Å². The molecular formula is C13H18ClNO4S. The molecule has 1 aliphatic heterocycles. The maximum atomic E-state index is 12.4. The van der Waals surface area contributed by atoms with Gasteiger partial charge in [-0.15, -0.1) is 0 Å². The van der Waals surface area contributed by atoms with E-state index in [2.05, 4.69) is 4.72 Å². The maximum Gasteiger partial charge on any atom is 0.241 e. The van der Waals surface area contributed by atoms with Gasteiger partial charge in [0.1, 0.15) is 0 Å². The summed E-state index contributed by atoms with van der Waals surface area (Å²) in [6.07, 6.45) is 1.27. The van der Waals surface area contributed by atoms with Gasteiger partial charge < -0.3 is 9.84 Å². The minimum atomic E-state index is -3.64. The summed E-state index contributed by atoms with van der Waals surface area (Å²) >= 11 is 5.94.